The van der Waals surface area contributed by atoms with Gasteiger partial charge in [0.05, 0.1) is 43.9 Å². The monoisotopic (exact) mass is 1460 g/mol. The molecule has 102 heavy (non-hydrogen) atoms. The molecule has 0 radical (unpaired) electrons. The summed E-state index contributed by atoms with van der Waals surface area (Å²) in [6, 6.07) is 36.5. The average Bonchev–Trinajstić information content (AvgIpc) is 1.41. The summed E-state index contributed by atoms with van der Waals surface area (Å²) < 4.78 is 114. The fourth-order valence-corrected chi connectivity index (χ4v) is 12.6. The molecule has 3 amide bonds. The van der Waals surface area contributed by atoms with Crippen LogP contribution in [0.2, 0.25) is 0 Å². The summed E-state index contributed by atoms with van der Waals surface area (Å²) in [6.07, 6.45) is 5.89. The molecule has 28 nitrogen and oxygen atoms in total. The Morgan fingerprint density at radius 3 is 1.31 bits per heavy atom. The van der Waals surface area contributed by atoms with Gasteiger partial charge in [-0.3, -0.25) is 28.5 Å². The maximum Gasteiger partial charge on any atom is 0.261 e. The number of rotatable bonds is 28. The van der Waals surface area contributed by atoms with Crippen LogP contribution in [0.5, 0.6) is 0 Å². The van der Waals surface area contributed by atoms with Crippen molar-refractivity contribution in [3.8, 4) is 34.2 Å². The number of aromatic nitrogens is 6. The van der Waals surface area contributed by atoms with E-state index in [2.05, 4.69) is 60.5 Å². The molecule has 32 heteroatoms. The number of alkyl halides is 1. The zero-order valence-electron chi connectivity index (χ0n) is 57.6. The van der Waals surface area contributed by atoms with E-state index >= 15 is 0 Å². The second-order valence-electron chi connectivity index (χ2n) is 26.9. The van der Waals surface area contributed by atoms with Gasteiger partial charge < -0.3 is 52.5 Å². The van der Waals surface area contributed by atoms with Crippen LogP contribution in [0, 0.1) is 28.1 Å². The zero-order valence-corrected chi connectivity index (χ0v) is 60.1. The summed E-state index contributed by atoms with van der Waals surface area (Å²) in [6.45, 7) is 14.3. The molecule has 14 N–H and O–H groups in total. The minimum Gasteiger partial charge on any atom is -0.337 e. The normalized spacial score (nSPS) is 14.7. The Bertz CT molecular complexity index is 4750. The summed E-state index contributed by atoms with van der Waals surface area (Å²) >= 11 is 0. The summed E-state index contributed by atoms with van der Waals surface area (Å²) in [5.74, 6) is 1.42. The average molecular weight is 1460 g/mol. The van der Waals surface area contributed by atoms with Crippen LogP contribution < -0.4 is 53.1 Å². The quantitative estimate of drug-likeness (QED) is 0.0204. The predicted octanol–water partition coefficient (Wildman–Crippen LogP) is 11.5. The molecule has 0 bridgehead atoms. The van der Waals surface area contributed by atoms with E-state index in [9.17, 15) is 44.0 Å². The van der Waals surface area contributed by atoms with Crippen molar-refractivity contribution in [1.82, 2.24) is 30.4 Å². The van der Waals surface area contributed by atoms with Gasteiger partial charge in [-0.25, -0.2) is 29.6 Å². The zero-order chi connectivity index (χ0) is 74.0. The Morgan fingerprint density at radius 1 is 0.490 bits per heavy atom. The van der Waals surface area contributed by atoms with Crippen LogP contribution in [0.15, 0.2) is 174 Å². The van der Waals surface area contributed by atoms with Crippen LogP contribution in [0.1, 0.15) is 136 Å². The molecule has 3 aromatic heterocycles. The topological polar surface area (TPSA) is 447 Å². The number of benzene rings is 6. The fraction of sp³-hybridized carbons (Fsp3) is 0.357. The molecular weight excluding hydrogens is 1370 g/mol. The minimum absolute atomic E-state index is 0.0202. The molecule has 542 valence electrons. The van der Waals surface area contributed by atoms with Crippen molar-refractivity contribution in [3.05, 3.63) is 163 Å². The van der Waals surface area contributed by atoms with E-state index in [1.807, 2.05) is 41.5 Å². The lowest BCUT2D eigenvalue weighted by Crippen LogP contribution is -2.32. The van der Waals surface area contributed by atoms with Gasteiger partial charge >= 0.3 is 0 Å². The van der Waals surface area contributed by atoms with Crippen molar-refractivity contribution in [2.75, 3.05) is 43.3 Å². The second kappa shape index (κ2) is 32.0. The molecule has 0 saturated heterocycles. The van der Waals surface area contributed by atoms with E-state index in [1.54, 1.807) is 103 Å². The van der Waals surface area contributed by atoms with E-state index in [-0.39, 0.29) is 66.5 Å². The lowest BCUT2D eigenvalue weighted by Gasteiger charge is -2.19. The first-order valence-corrected chi connectivity index (χ1v) is 37.3. The molecule has 3 heterocycles. The minimum atomic E-state index is -3.92. The first-order chi connectivity index (χ1) is 48.2. The van der Waals surface area contributed by atoms with E-state index in [1.165, 1.54) is 56.3 Å². The molecule has 2 fully saturated rings. The third kappa shape index (κ3) is 19.8. The molecule has 2 saturated carbocycles. The third-order valence-electron chi connectivity index (χ3n) is 17.1. The highest BCUT2D eigenvalue weighted by atomic mass is 32.2. The highest BCUT2D eigenvalue weighted by Crippen LogP contribution is 2.47. The van der Waals surface area contributed by atoms with E-state index in [4.69, 9.17) is 36.5 Å². The smallest absolute Gasteiger partial charge is 0.261 e. The van der Waals surface area contributed by atoms with Crippen molar-refractivity contribution in [1.29, 1.82) is 0 Å². The van der Waals surface area contributed by atoms with Gasteiger partial charge in [0, 0.05) is 56.0 Å². The molecular formula is C70H85FN16O12S3. The van der Waals surface area contributed by atoms with Gasteiger partial charge in [-0.1, -0.05) is 93.8 Å². The van der Waals surface area contributed by atoms with Crippen LogP contribution in [-0.4, -0.2) is 86.6 Å². The van der Waals surface area contributed by atoms with Crippen LogP contribution in [0.4, 0.5) is 38.5 Å². The van der Waals surface area contributed by atoms with Crippen molar-refractivity contribution in [2.24, 2.45) is 51.0 Å². The number of hydrogen-bond donors (Lipinski definition) is 10. The van der Waals surface area contributed by atoms with Gasteiger partial charge in [0.2, 0.25) is 52.9 Å². The molecule has 0 spiro atoms. The number of sulfonamides is 3. The number of halogens is 1. The van der Waals surface area contributed by atoms with Crippen LogP contribution in [0.25, 0.3) is 34.2 Å². The summed E-state index contributed by atoms with van der Waals surface area (Å²) in [4.78, 5) is 49.6. The highest BCUT2D eigenvalue weighted by Gasteiger charge is 2.45. The summed E-state index contributed by atoms with van der Waals surface area (Å²) in [5.41, 5.74) is 26.0. The standard InChI is InChI=1S/C24H30N6O4S.C23H28FN5O4S.C23H27N5O4S/c1-24(12-13-24)23(31)27-17-8-10-18(11-9-17)30-35(32,33)19-6-4-5-16(15-19)21-28-22(34-29-21)20(26)7-2-3-14-25;1-14(2)19(25)21-27-20(28-33-21)15-8-10-18(11-9-15)34(31,32)29-17-7-5-6-16(12-17)26-22(30)23(3,4)13-24;1-14(2)19(24)21-26-20(27-32-21)15-5-4-6-18(13-15)33(30,31)28-17-9-7-16(8-10-17)25-22(29)23(3)11-12-23/h4-6,8-11,15,20,30H,2-3,7,12-14,25-26H2,1H3,(H,27,31);5-12,14,19,29H,13,25H2,1-4H3,(H,26,30);4-10,13-14,19,28H,11-12,24H2,1-3H3,(H,25,29)/t20-;2*19-/m000/s1. The number of amides is 3. The SMILES string of the molecule is CC(C)[C@H](N)c1nc(-c2ccc(S(=O)(=O)Nc3cccc(NC(=O)C(C)(C)CF)c3)cc2)no1.CC(C)[C@H](N)c1nc(-c2cccc(S(=O)(=O)Nc3ccc(NC(=O)C4(C)CC4)cc3)c2)no1.CC1(C(=O)Nc2ccc(NS(=O)(=O)c3cccc(-c4noc([C@@H](N)CCCCN)n4)c3)cc2)CC1. The Labute approximate surface area is 591 Å². The predicted molar refractivity (Wildman–Crippen MR) is 385 cm³/mol. The number of unbranched alkanes of at least 4 members (excludes halogenated alkanes) is 1. The van der Waals surface area contributed by atoms with Crippen molar-refractivity contribution < 1.29 is 57.6 Å². The van der Waals surface area contributed by atoms with Gasteiger partial charge in [0.25, 0.3) is 30.1 Å². The van der Waals surface area contributed by atoms with Gasteiger partial charge in [-0.2, -0.15) is 15.0 Å². The maximum absolute atomic E-state index is 13.0. The number of nitrogens with two attached hydrogens (primary N) is 4. The maximum atomic E-state index is 13.0. The molecule has 9 aromatic rings. The molecule has 0 unspecified atom stereocenters. The van der Waals surface area contributed by atoms with Crippen LogP contribution in [-0.2, 0) is 44.5 Å². The Kier molecular flexibility index (Phi) is 24.0. The Hall–Kier alpha value is -9.83. The van der Waals surface area contributed by atoms with Gasteiger partial charge in [0.1, 0.15) is 6.67 Å². The van der Waals surface area contributed by atoms with E-state index < -0.39 is 66.2 Å². The van der Waals surface area contributed by atoms with E-state index in [0.717, 1.165) is 38.5 Å². The van der Waals surface area contributed by atoms with Crippen LogP contribution >= 0.6 is 0 Å². The molecule has 2 aliphatic carbocycles. The van der Waals surface area contributed by atoms with E-state index in [0.29, 0.717) is 81.6 Å². The van der Waals surface area contributed by atoms with Crippen molar-refractivity contribution >= 4 is 81.9 Å². The van der Waals surface area contributed by atoms with Gasteiger partial charge in [-0.15, -0.1) is 0 Å². The summed E-state index contributed by atoms with van der Waals surface area (Å²) in [7, 11) is -11.7. The van der Waals surface area contributed by atoms with Crippen molar-refractivity contribution in [3.63, 3.8) is 0 Å². The lowest BCUT2D eigenvalue weighted by atomic mass is 9.94. The largest absolute Gasteiger partial charge is 0.337 e. The van der Waals surface area contributed by atoms with Crippen molar-refractivity contribution in [2.45, 2.75) is 133 Å². The highest BCUT2D eigenvalue weighted by molar-refractivity contribution is 7.93. The molecule has 6 aromatic carbocycles. The third-order valence-corrected chi connectivity index (χ3v) is 21.2. The second-order valence-corrected chi connectivity index (χ2v) is 32.0. The Balaban J connectivity index is 0.000000178. The fourth-order valence-electron chi connectivity index (χ4n) is 9.37. The first kappa shape index (κ1) is 76.4. The molecule has 11 rings (SSSR count). The molecule has 2 aliphatic rings. The van der Waals surface area contributed by atoms with Gasteiger partial charge in [0.15, 0.2) is 0 Å². The molecule has 3 atom stereocenters. The number of nitrogens with one attached hydrogen (secondary N) is 6. The number of nitrogens with zero attached hydrogens (tertiary/aromatic N) is 6. The molecule has 0 aliphatic heterocycles. The van der Waals surface area contributed by atoms with Gasteiger partial charge in [-0.05, 0) is 186 Å². The first-order valence-electron chi connectivity index (χ1n) is 32.9. The number of carbonyl (C=O) groups excluding carboxylic acids is 3. The Morgan fingerprint density at radius 2 is 0.882 bits per heavy atom. The summed E-state index contributed by atoms with van der Waals surface area (Å²) in [5, 5.41) is 20.1. The number of hydrogen-bond acceptors (Lipinski definition) is 22. The number of anilines is 6. The lowest BCUT2D eigenvalue weighted by molar-refractivity contribution is -0.124. The van der Waals surface area contributed by atoms with Crippen LogP contribution in [0.3, 0.4) is 0 Å². The number of carbonyl (C=O) groups is 3.